The van der Waals surface area contributed by atoms with E-state index in [-0.39, 0.29) is 11.9 Å². The molecule has 2 N–H and O–H groups in total. The Kier molecular flexibility index (Phi) is 5.73. The van der Waals surface area contributed by atoms with Gasteiger partial charge in [-0.05, 0) is 62.3 Å². The van der Waals surface area contributed by atoms with Gasteiger partial charge in [-0.25, -0.2) is 0 Å². The number of carbonyl (C=O) groups is 1. The number of amides is 1. The van der Waals surface area contributed by atoms with E-state index in [9.17, 15) is 4.79 Å². The molecule has 2 heterocycles. The lowest BCUT2D eigenvalue weighted by Crippen LogP contribution is -2.36. The first-order chi connectivity index (χ1) is 13.8. The summed E-state index contributed by atoms with van der Waals surface area (Å²) >= 11 is 0. The van der Waals surface area contributed by atoms with Crippen molar-refractivity contribution in [3.63, 3.8) is 0 Å². The molecule has 0 bridgehead atoms. The van der Waals surface area contributed by atoms with Crippen molar-refractivity contribution in [3.05, 3.63) is 84.3 Å². The van der Waals surface area contributed by atoms with Gasteiger partial charge in [0, 0.05) is 12.2 Å². The largest absolute Gasteiger partial charge is 0.468 e. The molecule has 1 atom stereocenters. The van der Waals surface area contributed by atoms with E-state index in [1.165, 1.54) is 12.8 Å². The van der Waals surface area contributed by atoms with Crippen LogP contribution < -0.4 is 10.6 Å². The molecule has 5 heteroatoms. The summed E-state index contributed by atoms with van der Waals surface area (Å²) in [6.45, 7) is 2.59. The second-order valence-electron chi connectivity index (χ2n) is 7.02. The highest BCUT2D eigenvalue weighted by Crippen LogP contribution is 2.25. The molecular weight excluding hydrogens is 350 g/mol. The quantitative estimate of drug-likeness (QED) is 0.634. The van der Waals surface area contributed by atoms with Gasteiger partial charge in [0.25, 0.3) is 5.91 Å². The van der Waals surface area contributed by atoms with Gasteiger partial charge in [-0.3, -0.25) is 9.69 Å². The summed E-state index contributed by atoms with van der Waals surface area (Å²) < 4.78 is 5.64. The van der Waals surface area contributed by atoms with Crippen molar-refractivity contribution in [3.8, 4) is 0 Å². The molecule has 1 aliphatic rings. The highest BCUT2D eigenvalue weighted by molar-refractivity contribution is 6.00. The molecule has 0 spiro atoms. The van der Waals surface area contributed by atoms with Crippen LogP contribution in [-0.4, -0.2) is 30.4 Å². The van der Waals surface area contributed by atoms with Crippen molar-refractivity contribution in [1.82, 2.24) is 10.2 Å². The number of carbonyl (C=O) groups excluding carboxylic acids is 1. The van der Waals surface area contributed by atoms with Crippen molar-refractivity contribution in [2.45, 2.75) is 18.9 Å². The van der Waals surface area contributed by atoms with Gasteiger partial charge >= 0.3 is 0 Å². The van der Waals surface area contributed by atoms with E-state index in [0.717, 1.165) is 30.2 Å². The van der Waals surface area contributed by atoms with Crippen LogP contribution in [0.1, 0.15) is 35.0 Å². The van der Waals surface area contributed by atoms with Gasteiger partial charge in [0.1, 0.15) is 5.76 Å². The Balaban J connectivity index is 1.47. The van der Waals surface area contributed by atoms with Crippen molar-refractivity contribution in [2.24, 2.45) is 0 Å². The molecule has 1 aromatic heterocycles. The van der Waals surface area contributed by atoms with Crippen LogP contribution in [0.2, 0.25) is 0 Å². The van der Waals surface area contributed by atoms with Gasteiger partial charge in [0.05, 0.1) is 23.6 Å². The monoisotopic (exact) mass is 375 g/mol. The Labute approximate surface area is 165 Å². The smallest absolute Gasteiger partial charge is 0.253 e. The second kappa shape index (κ2) is 8.76. The minimum Gasteiger partial charge on any atom is -0.468 e. The molecule has 0 saturated carbocycles. The zero-order valence-electron chi connectivity index (χ0n) is 15.8. The predicted octanol–water partition coefficient (Wildman–Crippen LogP) is 4.59. The summed E-state index contributed by atoms with van der Waals surface area (Å²) in [6, 6.07) is 21.4. The third-order valence-corrected chi connectivity index (χ3v) is 5.13. The van der Waals surface area contributed by atoms with Gasteiger partial charge in [-0.15, -0.1) is 0 Å². The van der Waals surface area contributed by atoms with Gasteiger partial charge in [-0.1, -0.05) is 30.3 Å². The van der Waals surface area contributed by atoms with Gasteiger partial charge in [0.15, 0.2) is 0 Å². The molecule has 28 heavy (non-hydrogen) atoms. The standard InChI is InChI=1S/C23H25N3O2/c27-23(19-11-4-5-12-20(19)25-18-9-2-1-3-10-18)24-17-21(22-13-8-16-28-22)26-14-6-7-15-26/h1-5,8-13,16,21,25H,6-7,14-15,17H2,(H,24,27). The Morgan fingerprint density at radius 1 is 0.964 bits per heavy atom. The summed E-state index contributed by atoms with van der Waals surface area (Å²) in [5, 5.41) is 6.44. The molecule has 0 aliphatic carbocycles. The molecule has 5 nitrogen and oxygen atoms in total. The zero-order valence-corrected chi connectivity index (χ0v) is 15.8. The fourth-order valence-electron chi connectivity index (χ4n) is 3.70. The van der Waals surface area contributed by atoms with Crippen LogP contribution in [-0.2, 0) is 0 Å². The first-order valence-electron chi connectivity index (χ1n) is 9.78. The minimum absolute atomic E-state index is 0.0655. The molecule has 0 radical (unpaired) electrons. The third-order valence-electron chi connectivity index (χ3n) is 5.13. The number of likely N-dealkylation sites (tertiary alicyclic amines) is 1. The maximum absolute atomic E-state index is 12.9. The second-order valence-corrected chi connectivity index (χ2v) is 7.02. The van der Waals surface area contributed by atoms with Crippen LogP contribution in [0, 0.1) is 0 Å². The number of anilines is 2. The minimum atomic E-state index is -0.0882. The SMILES string of the molecule is O=C(NCC(c1ccco1)N1CCCC1)c1ccccc1Nc1ccccc1. The summed E-state index contributed by atoms with van der Waals surface area (Å²) in [5.41, 5.74) is 2.38. The molecule has 3 aromatic rings. The van der Waals surface area contributed by atoms with Gasteiger partial charge < -0.3 is 15.1 Å². The summed E-state index contributed by atoms with van der Waals surface area (Å²) in [5.74, 6) is 0.813. The van der Waals surface area contributed by atoms with E-state index in [1.54, 1.807) is 6.26 Å². The van der Waals surface area contributed by atoms with E-state index >= 15 is 0 Å². The number of nitrogens with one attached hydrogen (secondary N) is 2. The fourth-order valence-corrected chi connectivity index (χ4v) is 3.70. The summed E-state index contributed by atoms with van der Waals surface area (Å²) in [4.78, 5) is 15.3. The topological polar surface area (TPSA) is 57.5 Å². The zero-order chi connectivity index (χ0) is 19.2. The average Bonchev–Trinajstić information content (AvgIpc) is 3.44. The van der Waals surface area contributed by atoms with Crippen molar-refractivity contribution >= 4 is 17.3 Å². The molecule has 1 unspecified atom stereocenters. The molecule has 144 valence electrons. The average molecular weight is 375 g/mol. The number of furan rings is 1. The predicted molar refractivity (Wildman–Crippen MR) is 111 cm³/mol. The van der Waals surface area contributed by atoms with Crippen LogP contribution in [0.15, 0.2) is 77.4 Å². The van der Waals surface area contributed by atoms with Crippen molar-refractivity contribution in [1.29, 1.82) is 0 Å². The Bertz CT molecular complexity index is 887. The highest BCUT2D eigenvalue weighted by Gasteiger charge is 2.26. The van der Waals surface area contributed by atoms with Crippen LogP contribution in [0.4, 0.5) is 11.4 Å². The van der Waals surface area contributed by atoms with Crippen molar-refractivity contribution < 1.29 is 9.21 Å². The van der Waals surface area contributed by atoms with Crippen molar-refractivity contribution in [2.75, 3.05) is 25.0 Å². The van der Waals surface area contributed by atoms with Crippen LogP contribution in [0.5, 0.6) is 0 Å². The number of hydrogen-bond acceptors (Lipinski definition) is 4. The number of hydrogen-bond donors (Lipinski definition) is 2. The maximum Gasteiger partial charge on any atom is 0.253 e. The molecule has 1 fully saturated rings. The van der Waals surface area contributed by atoms with Gasteiger partial charge in [-0.2, -0.15) is 0 Å². The summed E-state index contributed by atoms with van der Waals surface area (Å²) in [7, 11) is 0. The van der Waals surface area contributed by atoms with Crippen LogP contribution in [0.3, 0.4) is 0 Å². The molecule has 4 rings (SSSR count). The van der Waals surface area contributed by atoms with Gasteiger partial charge in [0.2, 0.25) is 0 Å². The number of para-hydroxylation sites is 2. The first-order valence-corrected chi connectivity index (χ1v) is 9.78. The number of benzene rings is 2. The lowest BCUT2D eigenvalue weighted by molar-refractivity contribution is 0.0934. The van der Waals surface area contributed by atoms with E-state index in [1.807, 2.05) is 66.7 Å². The maximum atomic E-state index is 12.9. The van der Waals surface area contributed by atoms with Crippen LogP contribution in [0.25, 0.3) is 0 Å². The lowest BCUT2D eigenvalue weighted by Gasteiger charge is -2.26. The molecule has 1 amide bonds. The fraction of sp³-hybridized carbons (Fsp3) is 0.261. The highest BCUT2D eigenvalue weighted by atomic mass is 16.3. The lowest BCUT2D eigenvalue weighted by atomic mass is 10.1. The molecule has 2 aromatic carbocycles. The summed E-state index contributed by atoms with van der Waals surface area (Å²) in [6.07, 6.45) is 4.07. The Morgan fingerprint density at radius 2 is 1.71 bits per heavy atom. The van der Waals surface area contributed by atoms with E-state index < -0.39 is 0 Å². The first kappa shape index (κ1) is 18.3. The number of nitrogens with zero attached hydrogens (tertiary/aromatic N) is 1. The van der Waals surface area contributed by atoms with E-state index in [0.29, 0.717) is 12.1 Å². The Hall–Kier alpha value is -3.05. The Morgan fingerprint density at radius 3 is 2.46 bits per heavy atom. The number of rotatable bonds is 7. The molecule has 1 saturated heterocycles. The van der Waals surface area contributed by atoms with E-state index in [4.69, 9.17) is 4.42 Å². The van der Waals surface area contributed by atoms with Crippen LogP contribution >= 0.6 is 0 Å². The molecular formula is C23H25N3O2. The third kappa shape index (κ3) is 4.26. The molecule has 1 aliphatic heterocycles. The van der Waals surface area contributed by atoms with E-state index in [2.05, 4.69) is 15.5 Å². The normalized spacial score (nSPS) is 15.3.